The normalized spacial score (nSPS) is 11.9. The quantitative estimate of drug-likeness (QED) is 0.757. The first-order chi connectivity index (χ1) is 8.28. The molecule has 0 aliphatic carbocycles. The molecule has 0 spiro atoms. The highest BCUT2D eigenvalue weighted by Crippen LogP contribution is 2.36. The molecule has 0 fully saturated rings. The lowest BCUT2D eigenvalue weighted by Crippen LogP contribution is -2.17. The largest absolute Gasteiger partial charge is 0.573 e. The molecule has 0 radical (unpaired) electrons. The zero-order chi connectivity index (χ0) is 13.5. The van der Waals surface area contributed by atoms with Crippen LogP contribution in [0.4, 0.5) is 13.2 Å². The molecule has 0 saturated heterocycles. The van der Waals surface area contributed by atoms with Crippen LogP contribution in [0.15, 0.2) is 18.3 Å². The molecule has 0 amide bonds. The molecule has 1 aromatic carbocycles. The minimum Gasteiger partial charge on any atom is -0.403 e. The molecule has 0 atom stereocenters. The Balaban J connectivity index is 2.71. The summed E-state index contributed by atoms with van der Waals surface area (Å²) < 4.78 is 40.6. The summed E-state index contributed by atoms with van der Waals surface area (Å²) in [5.41, 5.74) is 0.664. The molecular weight excluding hydrogens is 290 g/mol. The van der Waals surface area contributed by atoms with Gasteiger partial charge < -0.3 is 4.74 Å². The number of fused-ring (bicyclic) bond motifs is 1. The number of benzene rings is 1. The van der Waals surface area contributed by atoms with Crippen LogP contribution >= 0.6 is 23.2 Å². The first-order valence-corrected chi connectivity index (χ1v) is 5.53. The highest BCUT2D eigenvalue weighted by Gasteiger charge is 2.32. The van der Waals surface area contributed by atoms with Crippen molar-refractivity contribution in [1.29, 1.82) is 0 Å². The molecule has 7 heteroatoms. The maximum absolute atomic E-state index is 12.3. The molecule has 1 heterocycles. The fraction of sp³-hybridized carbons (Fsp3) is 0.182. The third-order valence-corrected chi connectivity index (χ3v) is 2.96. The SMILES string of the molecule is Cc1cnc2c(OC(F)(F)F)cc(Cl)cc2c1Cl. The molecule has 0 saturated carbocycles. The maximum atomic E-state index is 12.3. The van der Waals surface area contributed by atoms with Crippen molar-refractivity contribution < 1.29 is 17.9 Å². The Morgan fingerprint density at radius 1 is 1.22 bits per heavy atom. The lowest BCUT2D eigenvalue weighted by molar-refractivity contribution is -0.274. The zero-order valence-corrected chi connectivity index (χ0v) is 10.5. The van der Waals surface area contributed by atoms with Gasteiger partial charge in [-0.1, -0.05) is 23.2 Å². The Hall–Kier alpha value is -1.20. The summed E-state index contributed by atoms with van der Waals surface area (Å²) in [6, 6.07) is 2.50. The Bertz CT molecular complexity index is 613. The second-order valence-corrected chi connectivity index (χ2v) is 4.42. The summed E-state index contributed by atoms with van der Waals surface area (Å²) in [6.45, 7) is 1.69. The molecule has 0 N–H and O–H groups in total. The van der Waals surface area contributed by atoms with Gasteiger partial charge in [-0.3, -0.25) is 4.98 Å². The van der Waals surface area contributed by atoms with Crippen molar-refractivity contribution in [2.24, 2.45) is 0 Å². The second kappa shape index (κ2) is 4.48. The van der Waals surface area contributed by atoms with E-state index in [-0.39, 0.29) is 10.5 Å². The van der Waals surface area contributed by atoms with Gasteiger partial charge in [0.2, 0.25) is 0 Å². The molecule has 0 aliphatic rings. The van der Waals surface area contributed by atoms with E-state index in [0.717, 1.165) is 6.07 Å². The van der Waals surface area contributed by atoms with Crippen LogP contribution in [-0.2, 0) is 0 Å². The average Bonchev–Trinajstić information content (AvgIpc) is 2.21. The highest BCUT2D eigenvalue weighted by atomic mass is 35.5. The van der Waals surface area contributed by atoms with Crippen molar-refractivity contribution in [2.75, 3.05) is 0 Å². The topological polar surface area (TPSA) is 22.1 Å². The van der Waals surface area contributed by atoms with Crippen molar-refractivity contribution in [1.82, 2.24) is 4.98 Å². The second-order valence-electron chi connectivity index (χ2n) is 3.60. The minimum absolute atomic E-state index is 0.0207. The molecule has 2 rings (SSSR count). The van der Waals surface area contributed by atoms with Crippen LogP contribution in [-0.4, -0.2) is 11.3 Å². The Labute approximate surface area is 110 Å². The number of nitrogens with zero attached hydrogens (tertiary/aromatic N) is 1. The van der Waals surface area contributed by atoms with Gasteiger partial charge in [0.1, 0.15) is 5.52 Å². The summed E-state index contributed by atoms with van der Waals surface area (Å²) in [5.74, 6) is -0.466. The molecule has 96 valence electrons. The van der Waals surface area contributed by atoms with E-state index in [0.29, 0.717) is 16.0 Å². The summed E-state index contributed by atoms with van der Waals surface area (Å²) >= 11 is 11.7. The van der Waals surface area contributed by atoms with Gasteiger partial charge in [-0.15, -0.1) is 13.2 Å². The molecule has 0 unspecified atom stereocenters. The summed E-state index contributed by atoms with van der Waals surface area (Å²) in [6.07, 6.45) is -3.43. The van der Waals surface area contributed by atoms with Crippen molar-refractivity contribution in [3.63, 3.8) is 0 Å². The van der Waals surface area contributed by atoms with Gasteiger partial charge in [-0.25, -0.2) is 0 Å². The standard InChI is InChI=1S/C11H6Cl2F3NO/c1-5-4-17-10-7(9(5)13)2-6(12)3-8(10)18-11(14,15)16/h2-4H,1H3. The van der Waals surface area contributed by atoms with Crippen LogP contribution in [0.2, 0.25) is 10.0 Å². The number of hydrogen-bond donors (Lipinski definition) is 0. The van der Waals surface area contributed by atoms with E-state index < -0.39 is 12.1 Å². The number of hydrogen-bond acceptors (Lipinski definition) is 2. The maximum Gasteiger partial charge on any atom is 0.573 e. The van der Waals surface area contributed by atoms with Gasteiger partial charge in [0, 0.05) is 22.7 Å². The number of alkyl halides is 3. The zero-order valence-electron chi connectivity index (χ0n) is 8.98. The van der Waals surface area contributed by atoms with E-state index in [2.05, 4.69) is 9.72 Å². The van der Waals surface area contributed by atoms with E-state index in [9.17, 15) is 13.2 Å². The van der Waals surface area contributed by atoms with E-state index >= 15 is 0 Å². The van der Waals surface area contributed by atoms with Crippen LogP contribution in [0.1, 0.15) is 5.56 Å². The summed E-state index contributed by atoms with van der Waals surface area (Å²) in [5, 5.41) is 0.717. The van der Waals surface area contributed by atoms with Gasteiger partial charge in [0.15, 0.2) is 5.75 Å². The van der Waals surface area contributed by atoms with E-state index in [1.807, 2.05) is 0 Å². The molecule has 0 aliphatic heterocycles. The van der Waals surface area contributed by atoms with Crippen LogP contribution in [0.5, 0.6) is 5.75 Å². The first-order valence-electron chi connectivity index (χ1n) is 4.78. The Morgan fingerprint density at radius 2 is 1.89 bits per heavy atom. The van der Waals surface area contributed by atoms with Crippen LogP contribution in [0.3, 0.4) is 0 Å². The lowest BCUT2D eigenvalue weighted by atomic mass is 10.1. The lowest BCUT2D eigenvalue weighted by Gasteiger charge is -2.12. The highest BCUT2D eigenvalue weighted by molar-refractivity contribution is 6.37. The van der Waals surface area contributed by atoms with Crippen molar-refractivity contribution >= 4 is 34.1 Å². The number of aryl methyl sites for hydroxylation is 1. The summed E-state index contributed by atoms with van der Waals surface area (Å²) in [4.78, 5) is 3.90. The third kappa shape index (κ3) is 2.62. The van der Waals surface area contributed by atoms with Gasteiger partial charge >= 0.3 is 6.36 Å². The van der Waals surface area contributed by atoms with E-state index in [1.54, 1.807) is 6.92 Å². The van der Waals surface area contributed by atoms with Gasteiger partial charge in [0.05, 0.1) is 5.02 Å². The monoisotopic (exact) mass is 295 g/mol. The molecule has 18 heavy (non-hydrogen) atoms. The predicted molar refractivity (Wildman–Crippen MR) is 63.2 cm³/mol. The minimum atomic E-state index is -4.81. The Morgan fingerprint density at radius 3 is 2.50 bits per heavy atom. The fourth-order valence-electron chi connectivity index (χ4n) is 1.51. The number of aromatic nitrogens is 1. The van der Waals surface area contributed by atoms with Crippen LogP contribution in [0, 0.1) is 6.92 Å². The average molecular weight is 296 g/mol. The van der Waals surface area contributed by atoms with Crippen molar-refractivity contribution in [3.05, 3.63) is 33.9 Å². The summed E-state index contributed by atoms with van der Waals surface area (Å²) in [7, 11) is 0. The van der Waals surface area contributed by atoms with Crippen LogP contribution < -0.4 is 4.74 Å². The number of halogens is 5. The molecular formula is C11H6Cl2F3NO. The first kappa shape index (κ1) is 13.2. The van der Waals surface area contributed by atoms with E-state index in [1.165, 1.54) is 12.3 Å². The van der Waals surface area contributed by atoms with Crippen molar-refractivity contribution in [3.8, 4) is 5.75 Å². The fourth-order valence-corrected chi connectivity index (χ4v) is 1.91. The van der Waals surface area contributed by atoms with E-state index in [4.69, 9.17) is 23.2 Å². The number of rotatable bonds is 1. The van der Waals surface area contributed by atoms with Gasteiger partial charge in [-0.2, -0.15) is 0 Å². The molecule has 0 bridgehead atoms. The Kier molecular flexibility index (Phi) is 3.29. The number of pyridine rings is 1. The van der Waals surface area contributed by atoms with Crippen LogP contribution in [0.25, 0.3) is 10.9 Å². The van der Waals surface area contributed by atoms with Gasteiger partial charge in [0.25, 0.3) is 0 Å². The smallest absolute Gasteiger partial charge is 0.403 e. The molecule has 2 aromatic rings. The van der Waals surface area contributed by atoms with Crippen molar-refractivity contribution in [2.45, 2.75) is 13.3 Å². The molecule has 1 aromatic heterocycles. The molecule has 2 nitrogen and oxygen atoms in total. The number of ether oxygens (including phenoxy) is 1. The van der Waals surface area contributed by atoms with Gasteiger partial charge in [-0.05, 0) is 18.6 Å². The predicted octanol–water partition coefficient (Wildman–Crippen LogP) is 4.75. The third-order valence-electron chi connectivity index (χ3n) is 2.24.